The minimum Gasteiger partial charge on any atom is -0.497 e. The van der Waals surface area contributed by atoms with Gasteiger partial charge in [0, 0.05) is 10.6 Å². The molecule has 3 aromatic carbocycles. The summed E-state index contributed by atoms with van der Waals surface area (Å²) in [6.45, 7) is 4.33. The zero-order chi connectivity index (χ0) is 22.7. The smallest absolute Gasteiger partial charge is 0.235 e. The van der Waals surface area contributed by atoms with Crippen LogP contribution in [0.2, 0.25) is 5.02 Å². The number of benzene rings is 3. The van der Waals surface area contributed by atoms with Crippen LogP contribution in [-0.2, 0) is 0 Å². The van der Waals surface area contributed by atoms with Crippen molar-refractivity contribution in [3.05, 3.63) is 87.0 Å². The quantitative estimate of drug-likeness (QED) is 0.314. The Hall–Kier alpha value is -3.44. The Balaban J connectivity index is 1.67. The predicted molar refractivity (Wildman–Crippen MR) is 126 cm³/mol. The zero-order valence-corrected chi connectivity index (χ0v) is 18.9. The van der Waals surface area contributed by atoms with Crippen LogP contribution in [0.5, 0.6) is 17.2 Å². The van der Waals surface area contributed by atoms with Gasteiger partial charge in [0.05, 0.1) is 12.5 Å². The van der Waals surface area contributed by atoms with Crippen LogP contribution in [0.15, 0.2) is 69.9 Å². The molecule has 164 valence electrons. The third kappa shape index (κ3) is 4.58. The average Bonchev–Trinajstić information content (AvgIpc) is 2.80. The molecule has 5 nitrogen and oxygen atoms in total. The van der Waals surface area contributed by atoms with E-state index in [1.807, 2.05) is 50.2 Å². The molecule has 32 heavy (non-hydrogen) atoms. The summed E-state index contributed by atoms with van der Waals surface area (Å²) in [5.41, 5.74) is 2.84. The van der Waals surface area contributed by atoms with Crippen LogP contribution in [0.3, 0.4) is 0 Å². The topological polar surface area (TPSA) is 57.9 Å². The molecule has 0 saturated heterocycles. The van der Waals surface area contributed by atoms with Crippen LogP contribution < -0.4 is 19.6 Å². The fraction of sp³-hybridized carbons (Fsp3) is 0.192. The number of hydrogen-bond donors (Lipinski definition) is 0. The Morgan fingerprint density at radius 2 is 1.53 bits per heavy atom. The van der Waals surface area contributed by atoms with Crippen molar-refractivity contribution in [3.63, 3.8) is 0 Å². The fourth-order valence-corrected chi connectivity index (χ4v) is 3.46. The monoisotopic (exact) mass is 450 g/mol. The van der Waals surface area contributed by atoms with E-state index in [1.165, 1.54) is 0 Å². The van der Waals surface area contributed by atoms with Gasteiger partial charge < -0.3 is 18.6 Å². The average molecular weight is 451 g/mol. The first-order valence-corrected chi connectivity index (χ1v) is 10.6. The Labute approximate surface area is 191 Å². The van der Waals surface area contributed by atoms with Gasteiger partial charge in [0.15, 0.2) is 5.76 Å². The summed E-state index contributed by atoms with van der Waals surface area (Å²) in [7, 11) is 1.60. The van der Waals surface area contributed by atoms with Gasteiger partial charge in [-0.05, 0) is 67.9 Å². The first-order valence-electron chi connectivity index (χ1n) is 10.2. The lowest BCUT2D eigenvalue weighted by Crippen LogP contribution is -2.15. The highest BCUT2D eigenvalue weighted by Gasteiger charge is 2.19. The maximum Gasteiger partial charge on any atom is 0.235 e. The molecule has 0 aliphatic carbocycles. The van der Waals surface area contributed by atoms with Gasteiger partial charge in [-0.1, -0.05) is 29.3 Å². The predicted octanol–water partition coefficient (Wildman–Crippen LogP) is 6.20. The molecule has 0 atom stereocenters. The summed E-state index contributed by atoms with van der Waals surface area (Å²) in [6.07, 6.45) is 0. The van der Waals surface area contributed by atoms with Gasteiger partial charge in [0.25, 0.3) is 0 Å². The summed E-state index contributed by atoms with van der Waals surface area (Å²) in [5.74, 6) is 1.91. The Bertz CT molecular complexity index is 1290. The minimum absolute atomic E-state index is 0.120. The molecule has 0 aliphatic heterocycles. The third-order valence-electron chi connectivity index (χ3n) is 5.10. The van der Waals surface area contributed by atoms with E-state index in [2.05, 4.69) is 0 Å². The standard InChI is InChI=1S/C26H23ClO5/c1-16-4-8-20(9-5-16)30-12-13-31-26-24(28)21-15-22(27)17(2)14-23(21)32-25(26)18-6-10-19(29-3)11-7-18/h4-11,14-15H,12-13H2,1-3H3. The molecular weight excluding hydrogens is 428 g/mol. The third-order valence-corrected chi connectivity index (χ3v) is 5.51. The highest BCUT2D eigenvalue weighted by atomic mass is 35.5. The number of methoxy groups -OCH3 is 1. The van der Waals surface area contributed by atoms with Crippen molar-refractivity contribution in [1.82, 2.24) is 0 Å². The first kappa shape index (κ1) is 21.8. The van der Waals surface area contributed by atoms with E-state index in [0.29, 0.717) is 33.1 Å². The maximum atomic E-state index is 13.3. The van der Waals surface area contributed by atoms with E-state index in [4.69, 9.17) is 30.2 Å². The molecule has 0 N–H and O–H groups in total. The van der Waals surface area contributed by atoms with Gasteiger partial charge in [0.1, 0.15) is 30.3 Å². The molecule has 6 heteroatoms. The first-order chi connectivity index (χ1) is 15.5. The van der Waals surface area contributed by atoms with Crippen molar-refractivity contribution >= 4 is 22.6 Å². The second-order valence-corrected chi connectivity index (χ2v) is 7.83. The van der Waals surface area contributed by atoms with Crippen LogP contribution in [0.25, 0.3) is 22.3 Å². The molecular formula is C26H23ClO5. The second-order valence-electron chi connectivity index (χ2n) is 7.43. The molecule has 0 amide bonds. The number of aryl methyl sites for hydroxylation is 2. The summed E-state index contributed by atoms with van der Waals surface area (Å²) in [6, 6.07) is 18.4. The fourth-order valence-electron chi connectivity index (χ4n) is 3.30. The van der Waals surface area contributed by atoms with Gasteiger partial charge in [-0.25, -0.2) is 0 Å². The highest BCUT2D eigenvalue weighted by molar-refractivity contribution is 6.32. The Kier molecular flexibility index (Phi) is 6.37. The summed E-state index contributed by atoms with van der Waals surface area (Å²) >= 11 is 6.25. The lowest BCUT2D eigenvalue weighted by Gasteiger charge is -2.13. The SMILES string of the molecule is COc1ccc(-c2oc3cc(C)c(Cl)cc3c(=O)c2OCCOc2ccc(C)cc2)cc1. The van der Waals surface area contributed by atoms with Crippen molar-refractivity contribution in [3.8, 4) is 28.6 Å². The highest BCUT2D eigenvalue weighted by Crippen LogP contribution is 2.33. The molecule has 0 saturated carbocycles. The van der Waals surface area contributed by atoms with Crippen molar-refractivity contribution in [2.24, 2.45) is 0 Å². The number of halogens is 1. The van der Waals surface area contributed by atoms with E-state index >= 15 is 0 Å². The number of hydrogen-bond acceptors (Lipinski definition) is 5. The van der Waals surface area contributed by atoms with Crippen molar-refractivity contribution in [2.75, 3.05) is 20.3 Å². The van der Waals surface area contributed by atoms with Crippen LogP contribution >= 0.6 is 11.6 Å². The van der Waals surface area contributed by atoms with Crippen LogP contribution in [-0.4, -0.2) is 20.3 Å². The normalized spacial score (nSPS) is 10.9. The molecule has 0 aliphatic rings. The van der Waals surface area contributed by atoms with Gasteiger partial charge in [-0.3, -0.25) is 4.79 Å². The number of ether oxygens (including phenoxy) is 3. The number of rotatable bonds is 7. The molecule has 4 rings (SSSR count). The van der Waals surface area contributed by atoms with E-state index < -0.39 is 0 Å². The van der Waals surface area contributed by atoms with E-state index in [1.54, 1.807) is 31.4 Å². The van der Waals surface area contributed by atoms with Crippen LogP contribution in [0.1, 0.15) is 11.1 Å². The largest absolute Gasteiger partial charge is 0.497 e. The summed E-state index contributed by atoms with van der Waals surface area (Å²) < 4.78 is 23.0. The Morgan fingerprint density at radius 3 is 2.22 bits per heavy atom. The van der Waals surface area contributed by atoms with Gasteiger partial charge >= 0.3 is 0 Å². The number of fused-ring (bicyclic) bond motifs is 1. The molecule has 4 aromatic rings. The summed E-state index contributed by atoms with van der Waals surface area (Å²) in [5, 5.41) is 0.864. The molecule has 0 bridgehead atoms. The van der Waals surface area contributed by atoms with Crippen molar-refractivity contribution in [1.29, 1.82) is 0 Å². The van der Waals surface area contributed by atoms with Crippen molar-refractivity contribution < 1.29 is 18.6 Å². The minimum atomic E-state index is -0.283. The lowest BCUT2D eigenvalue weighted by molar-refractivity contribution is 0.214. The van der Waals surface area contributed by atoms with E-state index in [-0.39, 0.29) is 24.4 Å². The summed E-state index contributed by atoms with van der Waals surface area (Å²) in [4.78, 5) is 13.3. The van der Waals surface area contributed by atoms with Crippen molar-refractivity contribution in [2.45, 2.75) is 13.8 Å². The van der Waals surface area contributed by atoms with E-state index in [0.717, 1.165) is 16.9 Å². The molecule has 0 radical (unpaired) electrons. The van der Waals surface area contributed by atoms with Crippen LogP contribution in [0.4, 0.5) is 0 Å². The Morgan fingerprint density at radius 1 is 0.875 bits per heavy atom. The second kappa shape index (κ2) is 9.37. The molecule has 1 heterocycles. The zero-order valence-electron chi connectivity index (χ0n) is 18.1. The molecule has 1 aromatic heterocycles. The molecule has 0 unspecified atom stereocenters. The van der Waals surface area contributed by atoms with Crippen LogP contribution in [0, 0.1) is 13.8 Å². The molecule has 0 spiro atoms. The lowest BCUT2D eigenvalue weighted by atomic mass is 10.1. The maximum absolute atomic E-state index is 13.3. The van der Waals surface area contributed by atoms with E-state index in [9.17, 15) is 4.79 Å². The van der Waals surface area contributed by atoms with Gasteiger partial charge in [0.2, 0.25) is 11.2 Å². The van der Waals surface area contributed by atoms with Gasteiger partial charge in [-0.15, -0.1) is 0 Å². The van der Waals surface area contributed by atoms with Gasteiger partial charge in [-0.2, -0.15) is 0 Å². The molecule has 0 fully saturated rings.